The Morgan fingerprint density at radius 3 is 2.25 bits per heavy atom. The lowest BCUT2D eigenvalue weighted by atomic mass is 10.0. The lowest BCUT2D eigenvalue weighted by Crippen LogP contribution is -2.17. The minimum absolute atomic E-state index is 0.0700. The molecule has 0 aliphatic carbocycles. The minimum Gasteiger partial charge on any atom is -0.405 e. The number of para-hydroxylation sites is 1. The zero-order valence-corrected chi connectivity index (χ0v) is 9.91. The van der Waals surface area contributed by atoms with Crippen molar-refractivity contribution in [1.29, 1.82) is 5.26 Å². The highest BCUT2D eigenvalue weighted by Gasteiger charge is 2.32. The molecule has 2 aromatic rings. The number of hydrogen-bond acceptors (Lipinski definition) is 2. The van der Waals surface area contributed by atoms with E-state index in [4.69, 9.17) is 5.26 Å². The van der Waals surface area contributed by atoms with Gasteiger partial charge in [-0.05, 0) is 12.1 Å². The summed E-state index contributed by atoms with van der Waals surface area (Å²) in [7, 11) is 0. The van der Waals surface area contributed by atoms with Gasteiger partial charge in [-0.1, -0.05) is 30.3 Å². The Hall–Kier alpha value is -2.55. The molecule has 102 valence electrons. The van der Waals surface area contributed by atoms with Crippen molar-refractivity contribution in [3.05, 3.63) is 53.8 Å². The predicted octanol–water partition coefficient (Wildman–Crippen LogP) is 4.26. The van der Waals surface area contributed by atoms with Gasteiger partial charge in [0.25, 0.3) is 0 Å². The number of halogens is 4. The third-order valence-corrected chi connectivity index (χ3v) is 2.52. The van der Waals surface area contributed by atoms with Crippen LogP contribution in [-0.2, 0) is 0 Å². The number of hydrogen-bond donors (Lipinski definition) is 0. The van der Waals surface area contributed by atoms with Crippen LogP contribution >= 0.6 is 0 Å². The minimum atomic E-state index is -4.88. The van der Waals surface area contributed by atoms with Crippen LogP contribution in [0.2, 0.25) is 0 Å². The van der Waals surface area contributed by atoms with E-state index in [0.717, 1.165) is 6.07 Å². The number of alkyl halides is 3. The summed E-state index contributed by atoms with van der Waals surface area (Å²) < 4.78 is 54.8. The summed E-state index contributed by atoms with van der Waals surface area (Å²) in [4.78, 5) is 0. The molecule has 2 nitrogen and oxygen atoms in total. The van der Waals surface area contributed by atoms with Gasteiger partial charge in [0.1, 0.15) is 17.6 Å². The first-order valence-corrected chi connectivity index (χ1v) is 5.46. The number of ether oxygens (including phenoxy) is 1. The summed E-state index contributed by atoms with van der Waals surface area (Å²) in [5.74, 6) is -1.40. The maximum atomic E-state index is 14.0. The van der Waals surface area contributed by atoms with E-state index in [1.807, 2.05) is 0 Å². The van der Waals surface area contributed by atoms with Crippen LogP contribution in [0.5, 0.6) is 5.75 Å². The number of rotatable bonds is 2. The molecular weight excluding hydrogens is 274 g/mol. The van der Waals surface area contributed by atoms with Crippen LogP contribution in [0.25, 0.3) is 11.1 Å². The summed E-state index contributed by atoms with van der Waals surface area (Å²) in [6.45, 7) is 0. The zero-order valence-electron chi connectivity index (χ0n) is 9.91. The van der Waals surface area contributed by atoms with Gasteiger partial charge in [-0.3, -0.25) is 0 Å². The van der Waals surface area contributed by atoms with Crippen LogP contribution in [0.4, 0.5) is 17.6 Å². The van der Waals surface area contributed by atoms with Crippen LogP contribution < -0.4 is 4.74 Å². The number of nitrogens with zero attached hydrogens (tertiary/aromatic N) is 1. The first kappa shape index (κ1) is 13.9. The third-order valence-electron chi connectivity index (χ3n) is 2.52. The predicted molar refractivity (Wildman–Crippen MR) is 63.2 cm³/mol. The molecule has 0 heterocycles. The fourth-order valence-corrected chi connectivity index (χ4v) is 1.73. The molecule has 20 heavy (non-hydrogen) atoms. The molecule has 6 heteroatoms. The lowest BCUT2D eigenvalue weighted by molar-refractivity contribution is -0.274. The van der Waals surface area contributed by atoms with Crippen molar-refractivity contribution >= 4 is 0 Å². The van der Waals surface area contributed by atoms with Gasteiger partial charge in [0.05, 0.1) is 5.56 Å². The van der Waals surface area contributed by atoms with Gasteiger partial charge in [0.15, 0.2) is 0 Å². The van der Waals surface area contributed by atoms with Crippen molar-refractivity contribution in [3.63, 3.8) is 0 Å². The smallest absolute Gasteiger partial charge is 0.405 e. The van der Waals surface area contributed by atoms with Gasteiger partial charge in [0.2, 0.25) is 0 Å². The van der Waals surface area contributed by atoms with Crippen molar-refractivity contribution in [2.45, 2.75) is 6.36 Å². The molecule has 0 aliphatic heterocycles. The molecule has 0 aromatic heterocycles. The summed E-state index contributed by atoms with van der Waals surface area (Å²) >= 11 is 0. The van der Waals surface area contributed by atoms with Gasteiger partial charge in [-0.25, -0.2) is 4.39 Å². The molecule has 0 amide bonds. The zero-order chi connectivity index (χ0) is 14.8. The second-order valence-corrected chi connectivity index (χ2v) is 3.82. The molecule has 0 unspecified atom stereocenters. The molecule has 0 atom stereocenters. The van der Waals surface area contributed by atoms with Crippen molar-refractivity contribution in [2.24, 2.45) is 0 Å². The molecule has 2 aromatic carbocycles. The van der Waals surface area contributed by atoms with E-state index in [9.17, 15) is 17.6 Å². The molecule has 0 radical (unpaired) electrons. The van der Waals surface area contributed by atoms with E-state index >= 15 is 0 Å². The quantitative estimate of drug-likeness (QED) is 0.770. The molecule has 0 N–H and O–H groups in total. The van der Waals surface area contributed by atoms with Crippen molar-refractivity contribution < 1.29 is 22.3 Å². The maximum Gasteiger partial charge on any atom is 0.573 e. The Kier molecular flexibility index (Phi) is 3.61. The molecule has 0 saturated carbocycles. The molecule has 2 rings (SSSR count). The summed E-state index contributed by atoms with van der Waals surface area (Å²) in [5, 5.41) is 8.74. The summed E-state index contributed by atoms with van der Waals surface area (Å²) in [5.41, 5.74) is -0.437. The van der Waals surface area contributed by atoms with E-state index < -0.39 is 17.9 Å². The second-order valence-electron chi connectivity index (χ2n) is 3.82. The van der Waals surface area contributed by atoms with Gasteiger partial charge >= 0.3 is 6.36 Å². The van der Waals surface area contributed by atoms with Crippen molar-refractivity contribution in [1.82, 2.24) is 0 Å². The fourth-order valence-electron chi connectivity index (χ4n) is 1.73. The Balaban J connectivity index is 2.57. The molecule has 0 fully saturated rings. The fraction of sp³-hybridized carbons (Fsp3) is 0.0714. The monoisotopic (exact) mass is 281 g/mol. The summed E-state index contributed by atoms with van der Waals surface area (Å²) in [6.07, 6.45) is -4.88. The van der Waals surface area contributed by atoms with Gasteiger partial charge in [0, 0.05) is 11.1 Å². The SMILES string of the molecule is N#Cc1cccc(-c2ccccc2OC(F)(F)F)c1F. The first-order chi connectivity index (χ1) is 9.42. The van der Waals surface area contributed by atoms with Crippen molar-refractivity contribution in [3.8, 4) is 22.9 Å². The van der Waals surface area contributed by atoms with E-state index in [0.29, 0.717) is 0 Å². The average molecular weight is 281 g/mol. The second kappa shape index (κ2) is 5.21. The van der Waals surface area contributed by atoms with Gasteiger partial charge in [-0.15, -0.1) is 13.2 Å². The Morgan fingerprint density at radius 1 is 0.950 bits per heavy atom. The average Bonchev–Trinajstić information content (AvgIpc) is 2.38. The lowest BCUT2D eigenvalue weighted by Gasteiger charge is -2.13. The highest BCUT2D eigenvalue weighted by atomic mass is 19.4. The van der Waals surface area contributed by atoms with Crippen molar-refractivity contribution in [2.75, 3.05) is 0 Å². The molecule has 0 aliphatic rings. The molecular formula is C14H7F4NO. The van der Waals surface area contributed by atoms with Crippen LogP contribution in [0.1, 0.15) is 5.56 Å². The van der Waals surface area contributed by atoms with E-state index in [1.54, 1.807) is 6.07 Å². The first-order valence-electron chi connectivity index (χ1n) is 5.46. The topological polar surface area (TPSA) is 33.0 Å². The number of benzene rings is 2. The highest BCUT2D eigenvalue weighted by molar-refractivity contribution is 5.72. The van der Waals surface area contributed by atoms with Gasteiger partial charge in [-0.2, -0.15) is 5.26 Å². The molecule has 0 spiro atoms. The van der Waals surface area contributed by atoms with Crippen LogP contribution in [0.15, 0.2) is 42.5 Å². The molecule has 0 bridgehead atoms. The Labute approximate surface area is 111 Å². The maximum absolute atomic E-state index is 14.0. The number of nitriles is 1. The molecule has 0 saturated heterocycles. The standard InChI is InChI=1S/C14H7F4NO/c15-13-9(8-19)4-3-6-11(13)10-5-1-2-7-12(10)20-14(16,17)18/h1-7H. The van der Waals surface area contributed by atoms with Crippen LogP contribution in [0, 0.1) is 17.1 Å². The highest BCUT2D eigenvalue weighted by Crippen LogP contribution is 2.35. The van der Waals surface area contributed by atoms with Crippen LogP contribution in [0.3, 0.4) is 0 Å². The van der Waals surface area contributed by atoms with Crippen LogP contribution in [-0.4, -0.2) is 6.36 Å². The van der Waals surface area contributed by atoms with E-state index in [1.165, 1.54) is 36.4 Å². The van der Waals surface area contributed by atoms with Gasteiger partial charge < -0.3 is 4.74 Å². The third kappa shape index (κ3) is 2.88. The Morgan fingerprint density at radius 2 is 1.60 bits per heavy atom. The van der Waals surface area contributed by atoms with E-state index in [-0.39, 0.29) is 16.7 Å². The van der Waals surface area contributed by atoms with E-state index in [2.05, 4.69) is 4.74 Å². The Bertz CT molecular complexity index is 674. The normalized spacial score (nSPS) is 10.9. The largest absolute Gasteiger partial charge is 0.573 e. The summed E-state index contributed by atoms with van der Waals surface area (Å²) in [6, 6.07) is 10.7.